The monoisotopic (exact) mass is 293 g/mol. The Kier molecular flexibility index (Phi) is 3.70. The molecule has 0 N–H and O–H groups in total. The third-order valence-electron chi connectivity index (χ3n) is 3.33. The first-order chi connectivity index (χ1) is 10.7. The summed E-state index contributed by atoms with van der Waals surface area (Å²) >= 11 is 0. The molecular formula is C17H15N3O2. The highest BCUT2D eigenvalue weighted by molar-refractivity contribution is 5.77. The Balaban J connectivity index is 1.91. The minimum absolute atomic E-state index is 0.399. The Morgan fingerprint density at radius 2 is 1.64 bits per heavy atom. The van der Waals surface area contributed by atoms with Gasteiger partial charge in [-0.25, -0.2) is 0 Å². The van der Waals surface area contributed by atoms with Gasteiger partial charge in [0.05, 0.1) is 0 Å². The van der Waals surface area contributed by atoms with Crippen molar-refractivity contribution in [2.24, 2.45) is 0 Å². The topological polar surface area (TPSA) is 59.2 Å². The molecule has 0 spiro atoms. The fraction of sp³-hybridized carbons (Fsp3) is 0.118. The van der Waals surface area contributed by atoms with Gasteiger partial charge in [-0.3, -0.25) is 4.79 Å². The molecule has 0 unspecified atom stereocenters. The fourth-order valence-corrected chi connectivity index (χ4v) is 2.10. The van der Waals surface area contributed by atoms with Crippen molar-refractivity contribution in [1.29, 1.82) is 0 Å². The maximum Gasteiger partial charge on any atom is 0.248 e. The van der Waals surface area contributed by atoms with Crippen LogP contribution in [-0.2, 0) is 0 Å². The van der Waals surface area contributed by atoms with Gasteiger partial charge in [0.15, 0.2) is 0 Å². The molecule has 0 aliphatic heterocycles. The second-order valence-electron chi connectivity index (χ2n) is 5.10. The summed E-state index contributed by atoms with van der Waals surface area (Å²) in [5.41, 5.74) is 3.26. The molecule has 0 aliphatic rings. The average molecular weight is 293 g/mol. The van der Waals surface area contributed by atoms with Gasteiger partial charge in [0.1, 0.15) is 6.29 Å². The largest absolute Gasteiger partial charge is 0.416 e. The smallest absolute Gasteiger partial charge is 0.248 e. The van der Waals surface area contributed by atoms with Gasteiger partial charge in [-0.05, 0) is 36.4 Å². The molecule has 5 nitrogen and oxygen atoms in total. The first kappa shape index (κ1) is 14.0. The highest BCUT2D eigenvalue weighted by Crippen LogP contribution is 2.25. The van der Waals surface area contributed by atoms with Gasteiger partial charge >= 0.3 is 0 Å². The first-order valence-corrected chi connectivity index (χ1v) is 6.84. The minimum Gasteiger partial charge on any atom is -0.416 e. The molecule has 110 valence electrons. The molecule has 3 rings (SSSR count). The lowest BCUT2D eigenvalue weighted by atomic mass is 10.1. The Bertz CT molecular complexity index is 792. The summed E-state index contributed by atoms with van der Waals surface area (Å²) in [6.07, 6.45) is 0.792. The minimum atomic E-state index is 0.399. The number of aromatic nitrogens is 2. The molecule has 22 heavy (non-hydrogen) atoms. The number of hydrogen-bond acceptors (Lipinski definition) is 5. The number of nitrogens with zero attached hydrogens (tertiary/aromatic N) is 3. The van der Waals surface area contributed by atoms with Crippen molar-refractivity contribution in [2.45, 2.75) is 0 Å². The van der Waals surface area contributed by atoms with Crippen LogP contribution in [0.3, 0.4) is 0 Å². The Morgan fingerprint density at radius 1 is 0.955 bits per heavy atom. The molecule has 3 aromatic rings. The van der Waals surface area contributed by atoms with E-state index in [2.05, 4.69) is 10.2 Å². The zero-order valence-electron chi connectivity index (χ0n) is 12.4. The number of carbonyl (C=O) groups excluding carboxylic acids is 1. The molecule has 0 fully saturated rings. The van der Waals surface area contributed by atoms with E-state index in [4.69, 9.17) is 4.42 Å². The summed E-state index contributed by atoms with van der Waals surface area (Å²) in [6.45, 7) is 0. The number of aldehydes is 1. The Labute approximate surface area is 128 Å². The predicted molar refractivity (Wildman–Crippen MR) is 84.9 cm³/mol. The van der Waals surface area contributed by atoms with Gasteiger partial charge in [0.2, 0.25) is 11.8 Å². The van der Waals surface area contributed by atoms with Crippen molar-refractivity contribution in [2.75, 3.05) is 19.0 Å². The van der Waals surface area contributed by atoms with Crippen LogP contribution in [-0.4, -0.2) is 30.6 Å². The number of carbonyl (C=O) groups is 1. The number of benzene rings is 2. The fourth-order valence-electron chi connectivity index (χ4n) is 2.10. The van der Waals surface area contributed by atoms with Gasteiger partial charge in [0, 0.05) is 36.5 Å². The Morgan fingerprint density at radius 3 is 2.27 bits per heavy atom. The van der Waals surface area contributed by atoms with E-state index in [0.29, 0.717) is 17.3 Å². The van der Waals surface area contributed by atoms with E-state index in [-0.39, 0.29) is 0 Å². The second kappa shape index (κ2) is 5.81. The van der Waals surface area contributed by atoms with Crippen LogP contribution in [0.4, 0.5) is 5.69 Å². The summed E-state index contributed by atoms with van der Waals surface area (Å²) < 4.78 is 5.70. The highest BCUT2D eigenvalue weighted by atomic mass is 16.4. The van der Waals surface area contributed by atoms with E-state index in [0.717, 1.165) is 23.1 Å². The first-order valence-electron chi connectivity index (χ1n) is 6.84. The maximum atomic E-state index is 10.8. The molecular weight excluding hydrogens is 278 g/mol. The quantitative estimate of drug-likeness (QED) is 0.691. The third kappa shape index (κ3) is 2.74. The average Bonchev–Trinajstić information content (AvgIpc) is 3.05. The molecule has 0 amide bonds. The zero-order valence-corrected chi connectivity index (χ0v) is 12.4. The van der Waals surface area contributed by atoms with Crippen LogP contribution >= 0.6 is 0 Å². The highest BCUT2D eigenvalue weighted by Gasteiger charge is 2.11. The summed E-state index contributed by atoms with van der Waals surface area (Å²) in [5, 5.41) is 8.13. The van der Waals surface area contributed by atoms with E-state index in [1.165, 1.54) is 0 Å². The molecule has 0 saturated carbocycles. The van der Waals surface area contributed by atoms with Crippen molar-refractivity contribution in [3.8, 4) is 22.9 Å². The van der Waals surface area contributed by atoms with Crippen LogP contribution < -0.4 is 4.90 Å². The Hall–Kier alpha value is -2.95. The SMILES string of the molecule is CN(C)c1ccc(-c2nnc(-c3cccc(C=O)c3)o2)cc1. The molecule has 0 saturated heterocycles. The van der Waals surface area contributed by atoms with E-state index in [1.54, 1.807) is 18.2 Å². The molecule has 0 atom stereocenters. The third-order valence-corrected chi connectivity index (χ3v) is 3.33. The van der Waals surface area contributed by atoms with Crippen molar-refractivity contribution in [3.05, 3.63) is 54.1 Å². The predicted octanol–water partition coefficient (Wildman–Crippen LogP) is 3.28. The molecule has 0 bridgehead atoms. The molecule has 2 aromatic carbocycles. The van der Waals surface area contributed by atoms with Crippen molar-refractivity contribution >= 4 is 12.0 Å². The van der Waals surface area contributed by atoms with Crippen LogP contribution in [0.1, 0.15) is 10.4 Å². The molecule has 1 aromatic heterocycles. The number of rotatable bonds is 4. The van der Waals surface area contributed by atoms with E-state index < -0.39 is 0 Å². The summed E-state index contributed by atoms with van der Waals surface area (Å²) in [5.74, 6) is 0.854. The standard InChI is InChI=1S/C17H15N3O2/c1-20(2)15-8-6-13(7-9-15)16-18-19-17(22-16)14-5-3-4-12(10-14)11-21/h3-11H,1-2H3. The van der Waals surface area contributed by atoms with Crippen LogP contribution in [0.15, 0.2) is 52.9 Å². The normalized spacial score (nSPS) is 10.5. The zero-order chi connectivity index (χ0) is 15.5. The van der Waals surface area contributed by atoms with Crippen molar-refractivity contribution in [3.63, 3.8) is 0 Å². The van der Waals surface area contributed by atoms with Gasteiger partial charge in [-0.2, -0.15) is 0 Å². The van der Waals surface area contributed by atoms with Crippen LogP contribution in [0.5, 0.6) is 0 Å². The van der Waals surface area contributed by atoms with Crippen LogP contribution in [0, 0.1) is 0 Å². The van der Waals surface area contributed by atoms with Crippen molar-refractivity contribution < 1.29 is 9.21 Å². The van der Waals surface area contributed by atoms with E-state index in [9.17, 15) is 4.79 Å². The second-order valence-corrected chi connectivity index (χ2v) is 5.10. The number of hydrogen-bond donors (Lipinski definition) is 0. The van der Waals surface area contributed by atoms with Gasteiger partial charge in [-0.1, -0.05) is 12.1 Å². The molecule has 0 radical (unpaired) electrons. The lowest BCUT2D eigenvalue weighted by Crippen LogP contribution is -2.07. The molecule has 1 heterocycles. The maximum absolute atomic E-state index is 10.8. The van der Waals surface area contributed by atoms with E-state index >= 15 is 0 Å². The van der Waals surface area contributed by atoms with Gasteiger partial charge in [0.25, 0.3) is 0 Å². The van der Waals surface area contributed by atoms with Crippen LogP contribution in [0.2, 0.25) is 0 Å². The summed E-state index contributed by atoms with van der Waals surface area (Å²) in [4.78, 5) is 12.9. The molecule has 0 aliphatic carbocycles. The van der Waals surface area contributed by atoms with Crippen molar-refractivity contribution in [1.82, 2.24) is 10.2 Å². The van der Waals surface area contributed by atoms with Gasteiger partial charge in [-0.15, -0.1) is 10.2 Å². The van der Waals surface area contributed by atoms with Crippen LogP contribution in [0.25, 0.3) is 22.9 Å². The lowest BCUT2D eigenvalue weighted by molar-refractivity contribution is 0.112. The lowest BCUT2D eigenvalue weighted by Gasteiger charge is -2.11. The van der Waals surface area contributed by atoms with E-state index in [1.807, 2.05) is 49.3 Å². The van der Waals surface area contributed by atoms with Gasteiger partial charge < -0.3 is 9.32 Å². The summed E-state index contributed by atoms with van der Waals surface area (Å²) in [6, 6.07) is 14.9. The summed E-state index contributed by atoms with van der Waals surface area (Å²) in [7, 11) is 3.97. The number of anilines is 1. The molecule has 5 heteroatoms.